The van der Waals surface area contributed by atoms with E-state index < -0.39 is 0 Å². The Morgan fingerprint density at radius 2 is 2.00 bits per heavy atom. The van der Waals surface area contributed by atoms with Crippen LogP contribution in [-0.2, 0) is 13.0 Å². The van der Waals surface area contributed by atoms with Gasteiger partial charge in [0.05, 0.1) is 0 Å². The number of hydrogen-bond acceptors (Lipinski definition) is 4. The van der Waals surface area contributed by atoms with Crippen LogP contribution in [0.3, 0.4) is 0 Å². The van der Waals surface area contributed by atoms with Crippen molar-refractivity contribution in [1.82, 2.24) is 14.9 Å². The molecule has 5 heteroatoms. The largest absolute Gasteiger partial charge is 0.370 e. The molecule has 24 heavy (non-hydrogen) atoms. The van der Waals surface area contributed by atoms with E-state index in [4.69, 9.17) is 0 Å². The summed E-state index contributed by atoms with van der Waals surface area (Å²) in [7, 11) is 0. The van der Waals surface area contributed by atoms with Crippen LogP contribution in [0.2, 0.25) is 0 Å². The fourth-order valence-corrected chi connectivity index (χ4v) is 2.91. The highest BCUT2D eigenvalue weighted by Crippen LogP contribution is 2.20. The lowest BCUT2D eigenvalue weighted by molar-refractivity contribution is 0.0728. The molecular weight excluding hydrogens is 300 g/mol. The lowest BCUT2D eigenvalue weighted by Crippen LogP contribution is -2.36. The second-order valence-electron chi connectivity index (χ2n) is 6.71. The van der Waals surface area contributed by atoms with Crippen LogP contribution in [0, 0.1) is 12.8 Å². The smallest absolute Gasteiger partial charge is 0.272 e. The monoisotopic (exact) mass is 324 g/mol. The van der Waals surface area contributed by atoms with Gasteiger partial charge in [0.2, 0.25) is 0 Å². The molecule has 1 aromatic carbocycles. The highest BCUT2D eigenvalue weighted by Gasteiger charge is 2.23. The number of anilines is 1. The van der Waals surface area contributed by atoms with Crippen molar-refractivity contribution in [2.24, 2.45) is 5.92 Å². The fourth-order valence-electron chi connectivity index (χ4n) is 2.91. The van der Waals surface area contributed by atoms with Gasteiger partial charge in [-0.05, 0) is 30.4 Å². The Balaban J connectivity index is 1.78. The van der Waals surface area contributed by atoms with Crippen LogP contribution in [0.15, 0.2) is 30.3 Å². The van der Waals surface area contributed by atoms with Gasteiger partial charge >= 0.3 is 0 Å². The van der Waals surface area contributed by atoms with Crippen molar-refractivity contribution in [2.45, 2.75) is 33.7 Å². The quantitative estimate of drug-likeness (QED) is 0.939. The Morgan fingerprint density at radius 1 is 1.25 bits per heavy atom. The Morgan fingerprint density at radius 3 is 2.75 bits per heavy atom. The minimum atomic E-state index is -0.0254. The second kappa shape index (κ2) is 6.99. The summed E-state index contributed by atoms with van der Waals surface area (Å²) in [6, 6.07) is 10.1. The van der Waals surface area contributed by atoms with Crippen molar-refractivity contribution >= 4 is 11.7 Å². The Kier molecular flexibility index (Phi) is 4.79. The molecule has 1 aliphatic rings. The molecule has 0 saturated heterocycles. The molecular formula is C19H24N4O. The van der Waals surface area contributed by atoms with Gasteiger partial charge < -0.3 is 10.2 Å². The van der Waals surface area contributed by atoms with Gasteiger partial charge in [0.25, 0.3) is 5.91 Å². The number of amides is 1. The summed E-state index contributed by atoms with van der Waals surface area (Å²) < 4.78 is 0. The van der Waals surface area contributed by atoms with Crippen molar-refractivity contribution < 1.29 is 4.79 Å². The third kappa shape index (κ3) is 3.72. The Labute approximate surface area is 143 Å². The zero-order chi connectivity index (χ0) is 17.1. The average Bonchev–Trinajstić information content (AvgIpc) is 2.58. The molecule has 0 spiro atoms. The van der Waals surface area contributed by atoms with Gasteiger partial charge in [-0.1, -0.05) is 38.1 Å². The first-order valence-corrected chi connectivity index (χ1v) is 8.48. The van der Waals surface area contributed by atoms with E-state index in [1.165, 1.54) is 11.1 Å². The minimum absolute atomic E-state index is 0.0254. The molecule has 0 radical (unpaired) electrons. The zero-order valence-corrected chi connectivity index (χ0v) is 14.5. The number of nitrogens with one attached hydrogen (secondary N) is 1. The van der Waals surface area contributed by atoms with Crippen LogP contribution >= 0.6 is 0 Å². The summed E-state index contributed by atoms with van der Waals surface area (Å²) >= 11 is 0. The first-order valence-electron chi connectivity index (χ1n) is 8.48. The molecule has 2 heterocycles. The Hall–Kier alpha value is -2.43. The predicted molar refractivity (Wildman–Crippen MR) is 95.0 cm³/mol. The number of nitrogens with zero attached hydrogens (tertiary/aromatic N) is 3. The van der Waals surface area contributed by atoms with Crippen molar-refractivity contribution in [3.63, 3.8) is 0 Å². The minimum Gasteiger partial charge on any atom is -0.370 e. The van der Waals surface area contributed by atoms with Crippen LogP contribution in [0.25, 0.3) is 0 Å². The summed E-state index contributed by atoms with van der Waals surface area (Å²) in [6.07, 6.45) is 0.893. The number of rotatable bonds is 4. The standard InChI is InChI=1S/C19H24N4O/c1-13(2)11-20-18-10-17(21-14(3)22-18)19(24)23-9-8-15-6-4-5-7-16(15)12-23/h4-7,10,13H,8-9,11-12H2,1-3H3,(H,20,21,22). The number of carbonyl (C=O) groups is 1. The zero-order valence-electron chi connectivity index (χ0n) is 14.5. The van der Waals surface area contributed by atoms with Crippen molar-refractivity contribution in [3.8, 4) is 0 Å². The van der Waals surface area contributed by atoms with Crippen LogP contribution < -0.4 is 5.32 Å². The van der Waals surface area contributed by atoms with Crippen molar-refractivity contribution in [2.75, 3.05) is 18.4 Å². The van der Waals surface area contributed by atoms with Gasteiger partial charge in [0.15, 0.2) is 0 Å². The Bertz CT molecular complexity index is 742. The predicted octanol–water partition coefficient (Wildman–Crippen LogP) is 3.05. The van der Waals surface area contributed by atoms with E-state index in [9.17, 15) is 4.79 Å². The summed E-state index contributed by atoms with van der Waals surface area (Å²) in [5, 5.41) is 3.28. The fraction of sp³-hybridized carbons (Fsp3) is 0.421. The van der Waals surface area contributed by atoms with Crippen LogP contribution in [-0.4, -0.2) is 33.9 Å². The molecule has 1 aliphatic heterocycles. The molecule has 0 aliphatic carbocycles. The van der Waals surface area contributed by atoms with Gasteiger partial charge in [-0.3, -0.25) is 4.79 Å². The SMILES string of the molecule is Cc1nc(NCC(C)C)cc(C(=O)N2CCc3ccccc3C2)n1. The molecule has 3 rings (SSSR count). The van der Waals surface area contributed by atoms with Gasteiger partial charge in [-0.2, -0.15) is 0 Å². The second-order valence-corrected chi connectivity index (χ2v) is 6.71. The summed E-state index contributed by atoms with van der Waals surface area (Å²) in [5.74, 6) is 1.82. The molecule has 0 bridgehead atoms. The third-order valence-corrected chi connectivity index (χ3v) is 4.17. The maximum atomic E-state index is 12.9. The number of carbonyl (C=O) groups excluding carboxylic acids is 1. The molecule has 2 aromatic rings. The molecule has 0 saturated carbocycles. The van der Waals surface area contributed by atoms with E-state index in [-0.39, 0.29) is 5.91 Å². The number of fused-ring (bicyclic) bond motifs is 1. The highest BCUT2D eigenvalue weighted by atomic mass is 16.2. The molecule has 1 amide bonds. The first kappa shape index (κ1) is 16.4. The summed E-state index contributed by atoms with van der Waals surface area (Å²) in [6.45, 7) is 8.29. The molecule has 0 atom stereocenters. The van der Waals surface area contributed by atoms with E-state index in [2.05, 4.69) is 47.3 Å². The van der Waals surface area contributed by atoms with E-state index in [0.29, 0.717) is 24.0 Å². The van der Waals surface area contributed by atoms with Gasteiger partial charge in [0, 0.05) is 25.7 Å². The highest BCUT2D eigenvalue weighted by molar-refractivity contribution is 5.93. The first-order chi connectivity index (χ1) is 11.5. The number of aryl methyl sites for hydroxylation is 1. The van der Waals surface area contributed by atoms with Gasteiger partial charge in [-0.15, -0.1) is 0 Å². The third-order valence-electron chi connectivity index (χ3n) is 4.17. The maximum Gasteiger partial charge on any atom is 0.272 e. The molecule has 1 aromatic heterocycles. The van der Waals surface area contributed by atoms with Crippen molar-refractivity contribution in [3.05, 3.63) is 53.0 Å². The molecule has 126 valence electrons. The maximum absolute atomic E-state index is 12.9. The number of hydrogen-bond donors (Lipinski definition) is 1. The molecule has 0 unspecified atom stereocenters. The lowest BCUT2D eigenvalue weighted by Gasteiger charge is -2.28. The van der Waals surface area contributed by atoms with E-state index in [0.717, 1.165) is 25.3 Å². The van der Waals surface area contributed by atoms with Crippen molar-refractivity contribution in [1.29, 1.82) is 0 Å². The average molecular weight is 324 g/mol. The topological polar surface area (TPSA) is 58.1 Å². The van der Waals surface area contributed by atoms with Crippen LogP contribution in [0.5, 0.6) is 0 Å². The number of aromatic nitrogens is 2. The molecule has 5 nitrogen and oxygen atoms in total. The summed E-state index contributed by atoms with van der Waals surface area (Å²) in [4.78, 5) is 23.5. The van der Waals surface area contributed by atoms with Crippen LogP contribution in [0.1, 0.15) is 41.3 Å². The van der Waals surface area contributed by atoms with E-state index in [1.807, 2.05) is 17.9 Å². The van der Waals surface area contributed by atoms with E-state index >= 15 is 0 Å². The summed E-state index contributed by atoms with van der Waals surface area (Å²) in [5.41, 5.74) is 3.02. The van der Waals surface area contributed by atoms with Gasteiger partial charge in [-0.25, -0.2) is 9.97 Å². The van der Waals surface area contributed by atoms with Crippen LogP contribution in [0.4, 0.5) is 5.82 Å². The van der Waals surface area contributed by atoms with E-state index in [1.54, 1.807) is 6.07 Å². The normalized spacial score (nSPS) is 13.8. The van der Waals surface area contributed by atoms with Gasteiger partial charge in [0.1, 0.15) is 17.3 Å². The lowest BCUT2D eigenvalue weighted by atomic mass is 10.00. The molecule has 0 fully saturated rings. The molecule has 1 N–H and O–H groups in total. The number of benzene rings is 1.